The molecule has 3 aliphatic rings. The Hall–Kier alpha value is 0. The van der Waals surface area contributed by atoms with Gasteiger partial charge < -0.3 is 0 Å². The summed E-state index contributed by atoms with van der Waals surface area (Å²) >= 11 is 0. The summed E-state index contributed by atoms with van der Waals surface area (Å²) < 4.78 is 0. The maximum Gasteiger partial charge on any atom is -0.0443 e. The second-order valence-electron chi connectivity index (χ2n) is 11.2. The van der Waals surface area contributed by atoms with Crippen molar-refractivity contribution in [3.05, 3.63) is 0 Å². The highest BCUT2D eigenvalue weighted by Crippen LogP contribution is 2.20. The summed E-state index contributed by atoms with van der Waals surface area (Å²) in [5.41, 5.74) is 0. The Kier molecular flexibility index (Phi) is 23.1. The summed E-state index contributed by atoms with van der Waals surface area (Å²) in [4.78, 5) is 0. The molecule has 0 unspecified atom stereocenters. The first kappa shape index (κ1) is 29.0. The summed E-state index contributed by atoms with van der Waals surface area (Å²) in [6.45, 7) is 2.42. The fourth-order valence-corrected chi connectivity index (χ4v) is 5.55. The van der Waals surface area contributed by atoms with Gasteiger partial charge in [-0.25, -0.2) is 0 Å². The van der Waals surface area contributed by atoms with Crippen LogP contribution in [0.2, 0.25) is 0 Å². The van der Waals surface area contributed by atoms with Crippen molar-refractivity contribution >= 4 is 0 Å². The molecule has 0 aromatic rings. The Morgan fingerprint density at radius 1 is 0.226 bits per heavy atom. The van der Waals surface area contributed by atoms with Gasteiger partial charge in [0.2, 0.25) is 0 Å². The fourth-order valence-electron chi connectivity index (χ4n) is 5.55. The van der Waals surface area contributed by atoms with E-state index in [1.807, 2.05) is 0 Å². The second kappa shape index (κ2) is 24.6. The summed E-state index contributed by atoms with van der Waals surface area (Å²) in [7, 11) is 0. The lowest BCUT2D eigenvalue weighted by molar-refractivity contribution is 0.414. The van der Waals surface area contributed by atoms with Gasteiger partial charge in [0.05, 0.1) is 0 Å². The smallest absolute Gasteiger partial charge is 0.0443 e. The molecule has 0 atom stereocenters. The van der Waals surface area contributed by atoms with E-state index >= 15 is 0 Å². The third-order valence-corrected chi connectivity index (χ3v) is 7.89. The first-order valence-corrected chi connectivity index (χ1v) is 15.4. The predicted octanol–water partition coefficient (Wildman–Crippen LogP) is 11.9. The molecule has 0 N–H and O–H groups in total. The first-order valence-electron chi connectivity index (χ1n) is 15.4. The summed E-state index contributed by atoms with van der Waals surface area (Å²) in [5.74, 6) is 1.01. The van der Waals surface area contributed by atoms with E-state index in [0.717, 1.165) is 5.92 Å². The van der Waals surface area contributed by atoms with Gasteiger partial charge in [0, 0.05) is 0 Å². The highest BCUT2D eigenvalue weighted by atomic mass is 14.1. The molecule has 0 spiro atoms. The van der Waals surface area contributed by atoms with Crippen LogP contribution in [-0.2, 0) is 0 Å². The maximum absolute atomic E-state index is 2.42. The van der Waals surface area contributed by atoms with Crippen molar-refractivity contribution in [2.75, 3.05) is 0 Å². The monoisotopic (exact) mass is 434 g/mol. The van der Waals surface area contributed by atoms with Gasteiger partial charge in [0.1, 0.15) is 0 Å². The van der Waals surface area contributed by atoms with Crippen molar-refractivity contribution in [2.24, 2.45) is 5.92 Å². The molecule has 31 heavy (non-hydrogen) atoms. The van der Waals surface area contributed by atoms with Gasteiger partial charge in [-0.15, -0.1) is 0 Å². The Bertz CT molecular complexity index is 224. The Balaban J connectivity index is 0.000000233. The van der Waals surface area contributed by atoms with Gasteiger partial charge in [-0.1, -0.05) is 193 Å². The van der Waals surface area contributed by atoms with Crippen LogP contribution >= 0.6 is 0 Å². The normalized spacial score (nSPS) is 24.3. The van der Waals surface area contributed by atoms with Crippen LogP contribution in [-0.4, -0.2) is 0 Å². The van der Waals surface area contributed by atoms with Crippen molar-refractivity contribution in [1.82, 2.24) is 0 Å². The molecular weight excluding hydrogens is 372 g/mol. The molecule has 3 rings (SSSR count). The Labute approximate surface area is 199 Å². The van der Waals surface area contributed by atoms with Crippen molar-refractivity contribution < 1.29 is 0 Å². The third-order valence-electron chi connectivity index (χ3n) is 7.89. The van der Waals surface area contributed by atoms with Gasteiger partial charge in [0.15, 0.2) is 0 Å². The molecule has 3 saturated carbocycles. The van der Waals surface area contributed by atoms with E-state index in [2.05, 4.69) is 6.92 Å². The van der Waals surface area contributed by atoms with Crippen LogP contribution in [0.15, 0.2) is 0 Å². The topological polar surface area (TPSA) is 0 Å². The van der Waals surface area contributed by atoms with Crippen molar-refractivity contribution in [2.45, 2.75) is 193 Å². The molecule has 0 heteroatoms. The van der Waals surface area contributed by atoms with Crippen molar-refractivity contribution in [3.8, 4) is 0 Å². The van der Waals surface area contributed by atoms with E-state index in [-0.39, 0.29) is 0 Å². The molecule has 3 aliphatic carbocycles. The molecule has 0 aromatic carbocycles. The van der Waals surface area contributed by atoms with Gasteiger partial charge in [-0.05, 0) is 5.92 Å². The number of hydrogen-bond acceptors (Lipinski definition) is 0. The minimum atomic E-state index is 1.01. The van der Waals surface area contributed by atoms with E-state index in [1.165, 1.54) is 186 Å². The standard InChI is InChI=1S/C11H22.2C10H20/c1-11-9-7-5-3-2-4-6-8-10-11;2*1-2-4-6-8-10-9-7-5-3-1/h11H,2-10H2,1H3;2*1-10H2. The lowest BCUT2D eigenvalue weighted by Gasteiger charge is -2.12. The zero-order valence-electron chi connectivity index (χ0n) is 22.1. The molecule has 0 aromatic heterocycles. The highest BCUT2D eigenvalue weighted by molar-refractivity contribution is 4.57. The van der Waals surface area contributed by atoms with Crippen molar-refractivity contribution in [1.29, 1.82) is 0 Å². The minimum absolute atomic E-state index is 1.01. The van der Waals surface area contributed by atoms with Crippen LogP contribution in [0.3, 0.4) is 0 Å². The predicted molar refractivity (Wildman–Crippen MR) is 143 cm³/mol. The van der Waals surface area contributed by atoms with Gasteiger partial charge in [-0.2, -0.15) is 0 Å². The lowest BCUT2D eigenvalue weighted by atomic mass is 9.94. The molecule has 0 radical (unpaired) electrons. The Morgan fingerprint density at radius 2 is 0.355 bits per heavy atom. The van der Waals surface area contributed by atoms with E-state index in [1.54, 1.807) is 0 Å². The average molecular weight is 435 g/mol. The van der Waals surface area contributed by atoms with Gasteiger partial charge in [-0.3, -0.25) is 0 Å². The second-order valence-corrected chi connectivity index (χ2v) is 11.2. The molecule has 0 amide bonds. The number of rotatable bonds is 0. The quantitative estimate of drug-likeness (QED) is 0.355. The zero-order valence-corrected chi connectivity index (χ0v) is 22.1. The van der Waals surface area contributed by atoms with E-state index in [4.69, 9.17) is 0 Å². The van der Waals surface area contributed by atoms with Crippen LogP contribution < -0.4 is 0 Å². The summed E-state index contributed by atoms with van der Waals surface area (Å²) in [5, 5.41) is 0. The lowest BCUT2D eigenvalue weighted by Crippen LogP contribution is -1.96. The third kappa shape index (κ3) is 23.0. The van der Waals surface area contributed by atoms with Crippen LogP contribution in [0, 0.1) is 5.92 Å². The van der Waals surface area contributed by atoms with Crippen molar-refractivity contribution in [3.63, 3.8) is 0 Å². The first-order chi connectivity index (χ1) is 15.4. The molecule has 3 fully saturated rings. The highest BCUT2D eigenvalue weighted by Gasteiger charge is 2.03. The molecule has 0 aliphatic heterocycles. The van der Waals surface area contributed by atoms with Crippen LogP contribution in [0.25, 0.3) is 0 Å². The zero-order chi connectivity index (χ0) is 22.1. The van der Waals surface area contributed by atoms with Crippen LogP contribution in [0.4, 0.5) is 0 Å². The molecule has 0 heterocycles. The molecule has 0 bridgehead atoms. The summed E-state index contributed by atoms with van der Waals surface area (Å²) in [6, 6.07) is 0. The summed E-state index contributed by atoms with van der Waals surface area (Å²) in [6.07, 6.45) is 43.4. The van der Waals surface area contributed by atoms with Gasteiger partial charge in [0.25, 0.3) is 0 Å². The SMILES string of the molecule is C1CCCCCCCCC1.C1CCCCCCCCC1.CC1CCCCCCCCC1. The Morgan fingerprint density at radius 3 is 0.516 bits per heavy atom. The molecule has 0 saturated heterocycles. The van der Waals surface area contributed by atoms with Gasteiger partial charge >= 0.3 is 0 Å². The largest absolute Gasteiger partial charge is 0.0625 e. The van der Waals surface area contributed by atoms with Crippen LogP contribution in [0.5, 0.6) is 0 Å². The van der Waals surface area contributed by atoms with Crippen LogP contribution in [0.1, 0.15) is 193 Å². The average Bonchev–Trinajstić information content (AvgIpc) is 2.82. The van der Waals surface area contributed by atoms with E-state index < -0.39 is 0 Å². The molecule has 186 valence electrons. The minimum Gasteiger partial charge on any atom is -0.0625 e. The van der Waals surface area contributed by atoms with E-state index in [0.29, 0.717) is 0 Å². The maximum atomic E-state index is 2.42. The molecule has 0 nitrogen and oxygen atoms in total. The number of hydrogen-bond donors (Lipinski definition) is 0. The van der Waals surface area contributed by atoms with E-state index in [9.17, 15) is 0 Å². The fraction of sp³-hybridized carbons (Fsp3) is 1.00. The molecular formula is C31H62.